The van der Waals surface area contributed by atoms with Gasteiger partial charge in [-0.2, -0.15) is 5.10 Å². The van der Waals surface area contributed by atoms with Gasteiger partial charge in [0.05, 0.1) is 0 Å². The van der Waals surface area contributed by atoms with Gasteiger partial charge in [0.2, 0.25) is 0 Å². The second-order valence-corrected chi connectivity index (χ2v) is 7.66. The molecule has 0 spiro atoms. The van der Waals surface area contributed by atoms with Crippen LogP contribution in [0.5, 0.6) is 11.5 Å². The molecule has 0 atom stereocenters. The van der Waals surface area contributed by atoms with E-state index in [1.807, 2.05) is 0 Å². The average Bonchev–Trinajstić information content (AvgIpc) is 3.11. The van der Waals surface area contributed by atoms with Crippen molar-refractivity contribution >= 4 is 23.1 Å². The van der Waals surface area contributed by atoms with E-state index < -0.39 is 33.4 Å². The number of carboxylic acid groups (broad SMARTS) is 1. The molecule has 1 aliphatic heterocycles. The predicted octanol–water partition coefficient (Wildman–Crippen LogP) is -0.329. The van der Waals surface area contributed by atoms with Gasteiger partial charge in [0.15, 0.2) is 0 Å². The third-order valence-electron chi connectivity index (χ3n) is 4.05. The molecule has 1 aromatic heterocycles. The molecular weight excluding hydrogens is 379 g/mol. The van der Waals surface area contributed by atoms with Crippen molar-refractivity contribution in [3.05, 3.63) is 29.6 Å². The molecule has 0 unspecified atom stereocenters. The van der Waals surface area contributed by atoms with Crippen LogP contribution in [0.1, 0.15) is 15.9 Å². The fourth-order valence-corrected chi connectivity index (χ4v) is 3.95. The third kappa shape index (κ3) is 3.69. The number of aryl methyl sites for hydroxylation is 1. The van der Waals surface area contributed by atoms with Crippen LogP contribution >= 0.6 is 0 Å². The molecule has 1 aliphatic rings. The molecule has 2 aromatic rings. The number of nitrogens with zero attached hydrogens (tertiary/aromatic N) is 3. The zero-order chi connectivity index (χ0) is 19.6. The average molecular weight is 394 g/mol. The van der Waals surface area contributed by atoms with Gasteiger partial charge >= 0.3 is 132 Å². The maximum atomic E-state index is 12.2. The Balaban J connectivity index is 1.73. The number of aromatic nitrogens is 3. The van der Waals surface area contributed by atoms with Crippen LogP contribution in [0.2, 0.25) is 6.32 Å². The van der Waals surface area contributed by atoms with Crippen LogP contribution in [-0.4, -0.2) is 70.4 Å². The molecule has 0 saturated carbocycles. The molecule has 3 N–H and O–H groups in total. The summed E-state index contributed by atoms with van der Waals surface area (Å²) in [7, 11) is -3.14. The Morgan fingerprint density at radius 2 is 2.15 bits per heavy atom. The summed E-state index contributed by atoms with van der Waals surface area (Å²) < 4.78 is 41.6. The van der Waals surface area contributed by atoms with Gasteiger partial charge in [-0.25, -0.2) is 10.1 Å². The number of rotatable bonds is 8. The first-order valence-electron chi connectivity index (χ1n) is 7.88. The number of hydrogen-bond donors (Lipinski definition) is 3. The molecule has 3 rings (SSSR count). The van der Waals surface area contributed by atoms with Gasteiger partial charge in [0.25, 0.3) is 0 Å². The van der Waals surface area contributed by atoms with Gasteiger partial charge in [-0.3, -0.25) is 0 Å². The van der Waals surface area contributed by atoms with Crippen molar-refractivity contribution in [2.45, 2.75) is 24.0 Å². The number of aromatic amines is 1. The number of hydrogen-bond acceptors (Lipinski definition) is 8. The minimum atomic E-state index is -3.81. The number of ether oxygens (including phenoxy) is 1. The first-order valence-corrected chi connectivity index (χ1v) is 9.32. The fourth-order valence-electron chi connectivity index (χ4n) is 2.63. The van der Waals surface area contributed by atoms with Gasteiger partial charge < -0.3 is 0 Å². The third-order valence-corrected chi connectivity index (χ3v) is 5.72. The molecule has 0 amide bonds. The van der Waals surface area contributed by atoms with E-state index in [2.05, 4.69) is 15.2 Å². The summed E-state index contributed by atoms with van der Waals surface area (Å²) in [4.78, 5) is 15.1. The van der Waals surface area contributed by atoms with Gasteiger partial charge in [0, 0.05) is 0 Å². The van der Waals surface area contributed by atoms with E-state index in [1.54, 1.807) is 0 Å². The van der Waals surface area contributed by atoms with Crippen LogP contribution in [0.3, 0.4) is 0 Å². The molecule has 2 heterocycles. The van der Waals surface area contributed by atoms with Gasteiger partial charge in [-0.15, -0.1) is 0 Å². The second-order valence-electron chi connectivity index (χ2n) is 5.81. The zero-order valence-corrected chi connectivity index (χ0v) is 14.7. The number of nitrogens with one attached hydrogen (secondary N) is 1. The molecule has 0 bridgehead atoms. The van der Waals surface area contributed by atoms with Crippen molar-refractivity contribution in [2.24, 2.45) is 0 Å². The first kappa shape index (κ1) is 19.0. The van der Waals surface area contributed by atoms with E-state index in [-0.39, 0.29) is 36.7 Å². The summed E-state index contributed by atoms with van der Waals surface area (Å²) in [6.45, 7) is -0.00844. The molecule has 11 nitrogen and oxygen atoms in total. The predicted molar refractivity (Wildman–Crippen MR) is 89.6 cm³/mol. The van der Waals surface area contributed by atoms with Crippen molar-refractivity contribution in [1.82, 2.24) is 19.5 Å². The van der Waals surface area contributed by atoms with Crippen LogP contribution < -0.4 is 4.74 Å². The Labute approximate surface area is 154 Å². The van der Waals surface area contributed by atoms with Crippen LogP contribution in [0, 0.1) is 0 Å². The Bertz CT molecular complexity index is 958. The fraction of sp³-hybridized carbons (Fsp3) is 0.357. The second kappa shape index (κ2) is 7.44. The Kier molecular flexibility index (Phi) is 5.23. The summed E-state index contributed by atoms with van der Waals surface area (Å²) in [5, 5.41) is 25.0. The summed E-state index contributed by atoms with van der Waals surface area (Å²) >= 11 is 0. The van der Waals surface area contributed by atoms with E-state index >= 15 is 0 Å². The van der Waals surface area contributed by atoms with E-state index in [1.165, 1.54) is 12.1 Å². The SMILES string of the molecule is O=BCCc1ccc(OC2CN(S(=O)(=O)c3ncn[nH]3)C2)c(C(=O)O)c1O. The topological polar surface area (TPSA) is 163 Å². The number of aromatic hydroxyl groups is 1. The number of aromatic carboxylic acids is 1. The summed E-state index contributed by atoms with van der Waals surface area (Å²) in [5.74, 6) is -1.93. The molecule has 0 radical (unpaired) electrons. The molecule has 142 valence electrons. The van der Waals surface area contributed by atoms with Gasteiger partial charge in [-0.05, 0) is 0 Å². The monoisotopic (exact) mass is 394 g/mol. The van der Waals surface area contributed by atoms with Crippen molar-refractivity contribution in [1.29, 1.82) is 0 Å². The number of carbonyl (C=O) groups is 1. The van der Waals surface area contributed by atoms with E-state index in [9.17, 15) is 28.1 Å². The number of benzene rings is 1. The number of phenols is 1. The quantitative estimate of drug-likeness (QED) is 0.509. The summed E-state index contributed by atoms with van der Waals surface area (Å²) in [5.41, 5.74) is -0.107. The summed E-state index contributed by atoms with van der Waals surface area (Å²) in [6, 6.07) is 2.86. The van der Waals surface area contributed by atoms with Gasteiger partial charge in [-0.1, -0.05) is 0 Å². The summed E-state index contributed by atoms with van der Waals surface area (Å²) in [6.07, 6.45) is 0.835. The molecule has 1 saturated heterocycles. The van der Waals surface area contributed by atoms with E-state index in [0.717, 1.165) is 10.6 Å². The molecule has 1 fully saturated rings. The number of sulfonamides is 1. The van der Waals surface area contributed by atoms with E-state index in [0.29, 0.717) is 12.7 Å². The molecule has 0 aliphatic carbocycles. The molecule has 1 aromatic carbocycles. The normalized spacial score (nSPS) is 15.1. The Morgan fingerprint density at radius 3 is 2.74 bits per heavy atom. The van der Waals surface area contributed by atoms with Crippen molar-refractivity contribution in [2.75, 3.05) is 13.1 Å². The first-order chi connectivity index (χ1) is 12.8. The van der Waals surface area contributed by atoms with Crippen molar-refractivity contribution in [3.8, 4) is 11.5 Å². The van der Waals surface area contributed by atoms with Crippen LogP contribution in [0.25, 0.3) is 0 Å². The molecular formula is C14H15BN4O7S. The van der Waals surface area contributed by atoms with Crippen LogP contribution in [-0.2, 0) is 21.1 Å². The van der Waals surface area contributed by atoms with Crippen LogP contribution in [0.15, 0.2) is 23.6 Å². The van der Waals surface area contributed by atoms with Gasteiger partial charge in [0.1, 0.15) is 6.33 Å². The standard InChI is InChI=1S/C14H15BN4O7S/c20-12-8(3-4-15-23)1-2-10(11(12)13(21)22)26-9-5-19(6-9)27(24,25)14-16-7-17-18-14/h1-2,7,9,20H,3-6H2,(H,21,22)(H,16,17,18). The van der Waals surface area contributed by atoms with Crippen molar-refractivity contribution < 1.29 is 32.9 Å². The molecule has 27 heavy (non-hydrogen) atoms. The minimum absolute atomic E-state index is 0.00422. The Hall–Kier alpha value is -2.80. The Morgan fingerprint density at radius 1 is 1.41 bits per heavy atom. The molecule has 13 heteroatoms. The number of H-pyrrole nitrogens is 1. The van der Waals surface area contributed by atoms with Crippen LogP contribution in [0.4, 0.5) is 0 Å². The maximum absolute atomic E-state index is 12.2. The van der Waals surface area contributed by atoms with E-state index in [4.69, 9.17) is 4.74 Å². The zero-order valence-electron chi connectivity index (χ0n) is 13.9. The number of carboxylic acids is 1. The van der Waals surface area contributed by atoms with Crippen molar-refractivity contribution in [3.63, 3.8) is 0 Å².